The molecule has 2 heterocycles. The second-order valence-electron chi connectivity index (χ2n) is 7.32. The van der Waals surface area contributed by atoms with Crippen molar-refractivity contribution in [1.29, 1.82) is 0 Å². The zero-order valence-corrected chi connectivity index (χ0v) is 21.8. The zero-order valence-electron chi connectivity index (χ0n) is 19.1. The van der Waals surface area contributed by atoms with Crippen LogP contribution < -0.4 is 16.6 Å². The second kappa shape index (κ2) is 13.7. The molecule has 7 N–H and O–H groups in total. The molecule has 1 aromatic carbocycles. The Hall–Kier alpha value is -2.30. The average Bonchev–Trinajstić information content (AvgIpc) is 3.15. The number of aliphatic hydroxyl groups excluding tert-OH is 1. The number of phosphoric ester groups is 1. The van der Waals surface area contributed by atoms with Gasteiger partial charge in [-0.3, -0.25) is 23.7 Å². The minimum atomic E-state index is -5.67. The van der Waals surface area contributed by atoms with Gasteiger partial charge in [0.15, 0.2) is 0 Å². The van der Waals surface area contributed by atoms with Gasteiger partial charge in [0.25, 0.3) is 5.56 Å². The van der Waals surface area contributed by atoms with E-state index >= 15 is 0 Å². The Bertz CT molecular complexity index is 1330. The van der Waals surface area contributed by atoms with Crippen molar-refractivity contribution in [1.82, 2.24) is 14.9 Å². The van der Waals surface area contributed by atoms with Crippen LogP contribution in [0.2, 0.25) is 0 Å². The number of rotatable bonds is 11. The summed E-state index contributed by atoms with van der Waals surface area (Å²) in [6, 6.07) is 10.8. The number of carbonyl (C=O) groups is 1. The molecule has 3 rings (SSSR count). The van der Waals surface area contributed by atoms with Gasteiger partial charge in [0.2, 0.25) is 6.41 Å². The SMILES string of the molecule is O=CNCc1ccccc1.O=c1ccn([C@H]2C[C@H](O)[C@@H](COP(=O)(O)OP(=O)(O)OP(=O)(O)O)O2)c(=O)[nH]1. The maximum atomic E-state index is 11.7. The van der Waals surface area contributed by atoms with Crippen molar-refractivity contribution >= 4 is 29.9 Å². The first kappa shape index (κ1) is 31.9. The van der Waals surface area contributed by atoms with Gasteiger partial charge in [-0.25, -0.2) is 18.5 Å². The highest BCUT2D eigenvalue weighted by molar-refractivity contribution is 7.66. The van der Waals surface area contributed by atoms with Crippen LogP contribution in [0.15, 0.2) is 52.2 Å². The number of hydrogen-bond donors (Lipinski definition) is 7. The molecule has 21 heteroatoms. The summed E-state index contributed by atoms with van der Waals surface area (Å²) in [6.07, 6.45) is -2.04. The molecule has 5 atom stereocenters. The summed E-state index contributed by atoms with van der Waals surface area (Å²) < 4.78 is 51.0. The third-order valence-corrected chi connectivity index (χ3v) is 8.22. The van der Waals surface area contributed by atoms with Gasteiger partial charge in [0.05, 0.1) is 12.7 Å². The fourth-order valence-corrected chi connectivity index (χ4v) is 5.95. The number of nitrogens with zero attached hydrogens (tertiary/aromatic N) is 1. The molecule has 1 aromatic heterocycles. The van der Waals surface area contributed by atoms with Crippen LogP contribution in [-0.4, -0.2) is 59.5 Å². The molecule has 2 aromatic rings. The van der Waals surface area contributed by atoms with Crippen LogP contribution in [-0.2, 0) is 42.9 Å². The van der Waals surface area contributed by atoms with Gasteiger partial charge in [0, 0.05) is 25.2 Å². The number of benzene rings is 1. The third-order valence-electron chi connectivity index (χ3n) is 4.42. The van der Waals surface area contributed by atoms with Crippen molar-refractivity contribution < 1.29 is 61.1 Å². The standard InChI is InChI=1S/C9H15N2O14P3.C8H9NO/c12-5-3-8(11-2-1-7(13)10-9(11)14)23-6(5)4-22-27(18,19)25-28(20,21)24-26(15,16)17;10-7-9-6-8-4-2-1-3-5-8/h1-2,5-6,8,12H,3-4H2,(H,18,19)(H,20,21)(H,10,13,14)(H2,15,16,17);1-5,7H,6H2,(H,9,10)/t5-,6+,8+;/m0./s1. The van der Waals surface area contributed by atoms with Crippen molar-refractivity contribution in [2.75, 3.05) is 6.61 Å². The summed E-state index contributed by atoms with van der Waals surface area (Å²) in [5.41, 5.74) is -0.378. The maximum Gasteiger partial charge on any atom is 0.490 e. The highest BCUT2D eigenvalue weighted by Gasteiger charge is 2.42. The minimum absolute atomic E-state index is 0.170. The van der Waals surface area contributed by atoms with Crippen LogP contribution in [0.25, 0.3) is 0 Å². The highest BCUT2D eigenvalue weighted by Crippen LogP contribution is 2.66. The van der Waals surface area contributed by atoms with E-state index in [-0.39, 0.29) is 6.42 Å². The summed E-state index contributed by atoms with van der Waals surface area (Å²) in [6.45, 7) is -0.260. The number of amides is 1. The van der Waals surface area contributed by atoms with Crippen molar-refractivity contribution in [2.45, 2.75) is 31.4 Å². The van der Waals surface area contributed by atoms with E-state index in [1.165, 1.54) is 0 Å². The second-order valence-corrected chi connectivity index (χ2v) is 11.7. The molecular weight excluding hydrogens is 579 g/mol. The van der Waals surface area contributed by atoms with E-state index in [0.717, 1.165) is 22.4 Å². The van der Waals surface area contributed by atoms with E-state index < -0.39 is 59.8 Å². The Morgan fingerprint density at radius 1 is 1.05 bits per heavy atom. The molecule has 1 aliphatic heterocycles. The largest absolute Gasteiger partial charge is 0.490 e. The van der Waals surface area contributed by atoms with Gasteiger partial charge in [-0.2, -0.15) is 8.62 Å². The number of aromatic amines is 1. The third kappa shape index (κ3) is 11.2. The first-order valence-corrected chi connectivity index (χ1v) is 14.8. The van der Waals surface area contributed by atoms with Crippen LogP contribution in [0.5, 0.6) is 0 Å². The summed E-state index contributed by atoms with van der Waals surface area (Å²) >= 11 is 0. The Balaban J connectivity index is 0.000000423. The number of hydrogen-bond acceptors (Lipinski definition) is 11. The molecule has 1 aliphatic rings. The lowest BCUT2D eigenvalue weighted by molar-refractivity contribution is -0.109. The predicted molar refractivity (Wildman–Crippen MR) is 125 cm³/mol. The number of aromatic nitrogens is 2. The number of H-pyrrole nitrogens is 1. The predicted octanol–water partition coefficient (Wildman–Crippen LogP) is -0.539. The Morgan fingerprint density at radius 3 is 2.29 bits per heavy atom. The van der Waals surface area contributed by atoms with Crippen LogP contribution >= 0.6 is 23.5 Å². The van der Waals surface area contributed by atoms with Gasteiger partial charge >= 0.3 is 29.2 Å². The maximum absolute atomic E-state index is 11.7. The van der Waals surface area contributed by atoms with Gasteiger partial charge in [0.1, 0.15) is 12.3 Å². The topological polar surface area (TPSA) is 273 Å². The Labute approximate surface area is 213 Å². The van der Waals surface area contributed by atoms with E-state index in [9.17, 15) is 38.1 Å². The fraction of sp³-hybridized carbons (Fsp3) is 0.353. The number of ether oxygens (including phenoxy) is 1. The molecule has 0 spiro atoms. The molecule has 0 saturated carbocycles. The molecular formula is C17H24N3O15P3. The summed E-state index contributed by atoms with van der Waals surface area (Å²) in [4.78, 5) is 69.8. The van der Waals surface area contributed by atoms with Crippen molar-refractivity contribution in [2.24, 2.45) is 0 Å². The molecule has 0 bridgehead atoms. The lowest BCUT2D eigenvalue weighted by Gasteiger charge is -2.19. The van der Waals surface area contributed by atoms with Gasteiger partial charge in [-0.05, 0) is 5.56 Å². The van der Waals surface area contributed by atoms with Crippen molar-refractivity contribution in [3.8, 4) is 0 Å². The first-order valence-electron chi connectivity index (χ1n) is 10.2. The Kier molecular flexibility index (Phi) is 11.5. The van der Waals surface area contributed by atoms with Crippen LogP contribution in [0, 0.1) is 0 Å². The molecule has 1 amide bonds. The van der Waals surface area contributed by atoms with Crippen LogP contribution in [0.3, 0.4) is 0 Å². The van der Waals surface area contributed by atoms with Gasteiger partial charge in [-0.1, -0.05) is 30.3 Å². The zero-order chi connectivity index (χ0) is 28.6. The van der Waals surface area contributed by atoms with E-state index in [1.54, 1.807) is 0 Å². The molecule has 1 fully saturated rings. The molecule has 0 radical (unpaired) electrons. The lowest BCUT2D eigenvalue weighted by atomic mass is 10.2. The quantitative estimate of drug-likeness (QED) is 0.125. The van der Waals surface area contributed by atoms with Crippen LogP contribution in [0.4, 0.5) is 0 Å². The van der Waals surface area contributed by atoms with E-state index in [4.69, 9.17) is 19.4 Å². The monoisotopic (exact) mass is 603 g/mol. The van der Waals surface area contributed by atoms with Crippen molar-refractivity contribution in [3.63, 3.8) is 0 Å². The van der Waals surface area contributed by atoms with Gasteiger partial charge < -0.3 is 34.7 Å². The van der Waals surface area contributed by atoms with E-state index in [2.05, 4.69) is 18.5 Å². The summed E-state index contributed by atoms with van der Waals surface area (Å²) in [5, 5.41) is 12.5. The molecule has 2 unspecified atom stereocenters. The fourth-order valence-electron chi connectivity index (χ4n) is 2.92. The first-order chi connectivity index (χ1) is 17.6. The summed E-state index contributed by atoms with van der Waals surface area (Å²) in [7, 11) is -16.6. The molecule has 38 heavy (non-hydrogen) atoms. The smallest absolute Gasteiger partial charge is 0.390 e. The molecule has 18 nitrogen and oxygen atoms in total. The van der Waals surface area contributed by atoms with Crippen LogP contribution in [0.1, 0.15) is 18.2 Å². The summed E-state index contributed by atoms with van der Waals surface area (Å²) in [5.74, 6) is 0. The average molecular weight is 603 g/mol. The van der Waals surface area contributed by atoms with Crippen molar-refractivity contribution in [3.05, 3.63) is 69.0 Å². The number of phosphoric acid groups is 3. The Morgan fingerprint density at radius 2 is 1.71 bits per heavy atom. The molecule has 1 saturated heterocycles. The van der Waals surface area contributed by atoms with E-state index in [1.807, 2.05) is 35.3 Å². The minimum Gasteiger partial charge on any atom is -0.390 e. The van der Waals surface area contributed by atoms with Gasteiger partial charge in [-0.15, -0.1) is 0 Å². The lowest BCUT2D eigenvalue weighted by Crippen LogP contribution is -2.31. The van der Waals surface area contributed by atoms with E-state index in [0.29, 0.717) is 13.0 Å². The highest BCUT2D eigenvalue weighted by atomic mass is 31.3. The number of aliphatic hydroxyl groups is 1. The normalized spacial score (nSPS) is 22.4. The number of nitrogens with one attached hydrogen (secondary N) is 2. The number of carbonyl (C=O) groups excluding carboxylic acids is 1. The molecule has 0 aliphatic carbocycles. The molecule has 212 valence electrons.